The van der Waals surface area contributed by atoms with E-state index in [2.05, 4.69) is 20.2 Å². The Kier molecular flexibility index (Phi) is 8.89. The van der Waals surface area contributed by atoms with Crippen LogP contribution in [0.4, 0.5) is 42.6 Å². The van der Waals surface area contributed by atoms with Gasteiger partial charge in [-0.05, 0) is 62.7 Å². The Balaban J connectivity index is 0.000000517. The van der Waals surface area contributed by atoms with E-state index >= 15 is 0 Å². The molecule has 2 aliphatic heterocycles. The quantitative estimate of drug-likeness (QED) is 0.391. The fourth-order valence-electron chi connectivity index (χ4n) is 4.47. The molecule has 0 saturated carbocycles. The van der Waals surface area contributed by atoms with E-state index < -0.39 is 41.3 Å². The highest BCUT2D eigenvalue weighted by atomic mass is 19.4. The number of anilines is 2. The van der Waals surface area contributed by atoms with E-state index in [9.17, 15) is 31.1 Å². The van der Waals surface area contributed by atoms with Crippen molar-refractivity contribution in [2.24, 2.45) is 0 Å². The molecule has 3 heterocycles. The largest absolute Gasteiger partial charge is 0.490 e. The lowest BCUT2D eigenvalue weighted by Crippen LogP contribution is -2.43. The second kappa shape index (κ2) is 12.2. The number of carboxylic acids is 1. The van der Waals surface area contributed by atoms with Gasteiger partial charge in [0.25, 0.3) is 0 Å². The number of carboxylic acid groups (broad SMARTS) is 1. The number of benzene rings is 2. The summed E-state index contributed by atoms with van der Waals surface area (Å²) in [6.45, 7) is 3.45. The van der Waals surface area contributed by atoms with E-state index in [1.165, 1.54) is 18.2 Å². The predicted octanol–water partition coefficient (Wildman–Crippen LogP) is 5.34. The van der Waals surface area contributed by atoms with Crippen LogP contribution >= 0.6 is 0 Å². The number of aliphatic carboxylic acids is 1. The number of nitrogens with one attached hydrogen (secondary N) is 1. The third kappa shape index (κ3) is 6.73. The summed E-state index contributed by atoms with van der Waals surface area (Å²) in [4.78, 5) is 33.9. The number of hydrogen-bond donors (Lipinski definition) is 2. The highest BCUT2D eigenvalue weighted by Crippen LogP contribution is 2.39. The number of para-hydroxylation sites is 1. The van der Waals surface area contributed by atoms with E-state index in [0.717, 1.165) is 43.0 Å². The van der Waals surface area contributed by atoms with Gasteiger partial charge in [0.1, 0.15) is 29.2 Å². The lowest BCUT2D eigenvalue weighted by atomic mass is 10.00. The Morgan fingerprint density at radius 2 is 1.69 bits per heavy atom. The molecular formula is C27H25F6N5O4. The highest BCUT2D eigenvalue weighted by Gasteiger charge is 2.38. The van der Waals surface area contributed by atoms with Crippen LogP contribution in [0.3, 0.4) is 0 Å². The van der Waals surface area contributed by atoms with Crippen molar-refractivity contribution < 1.29 is 45.8 Å². The molecule has 2 N–H and O–H groups in total. The van der Waals surface area contributed by atoms with Crippen LogP contribution in [0.15, 0.2) is 36.4 Å². The number of rotatable bonds is 4. The smallest absolute Gasteiger partial charge is 0.475 e. The number of likely N-dealkylation sites (tertiary alicyclic amines) is 1. The zero-order valence-corrected chi connectivity index (χ0v) is 22.3. The van der Waals surface area contributed by atoms with E-state index in [1.807, 2.05) is 7.05 Å². The Hall–Kier alpha value is -4.40. The summed E-state index contributed by atoms with van der Waals surface area (Å²) in [5, 5.41) is 9.77. The number of amides is 2. The van der Waals surface area contributed by atoms with Crippen molar-refractivity contribution in [3.05, 3.63) is 65.0 Å². The molecule has 1 fully saturated rings. The molecule has 1 saturated heterocycles. The number of aromatic nitrogens is 2. The van der Waals surface area contributed by atoms with Crippen LogP contribution in [0, 0.1) is 24.4 Å². The number of aryl methyl sites for hydroxylation is 1. The molecule has 5 rings (SSSR count). The number of halogens is 6. The van der Waals surface area contributed by atoms with Crippen molar-refractivity contribution in [2.45, 2.75) is 38.6 Å². The summed E-state index contributed by atoms with van der Waals surface area (Å²) in [5.41, 5.74) is 1.51. The van der Waals surface area contributed by atoms with Crippen molar-refractivity contribution in [3.63, 3.8) is 0 Å². The van der Waals surface area contributed by atoms with Gasteiger partial charge in [0.05, 0.1) is 12.2 Å². The standard InChI is InChI=1S/C25H24F3N5O2.C2HF3O2/c1-14-12-15(26)6-7-17(14)21-18-13-29-25(34)33(22-19(27)4-3-5-20(22)28)23(18)31-24(30-21)35-16-8-10-32(2)11-9-16;3-2(4,5)1(6)7/h3-7,12,16H,8-11,13H2,1-2H3,(H,29,34);(H,6,7). The first kappa shape index (κ1) is 30.6. The van der Waals surface area contributed by atoms with Crippen molar-refractivity contribution in [3.8, 4) is 17.3 Å². The maximum absolute atomic E-state index is 14.8. The van der Waals surface area contributed by atoms with Crippen molar-refractivity contribution >= 4 is 23.5 Å². The van der Waals surface area contributed by atoms with Gasteiger partial charge in [-0.25, -0.2) is 27.7 Å². The Morgan fingerprint density at radius 3 is 2.26 bits per heavy atom. The van der Waals surface area contributed by atoms with Crippen LogP contribution in [0.5, 0.6) is 6.01 Å². The first-order chi connectivity index (χ1) is 19.8. The maximum Gasteiger partial charge on any atom is 0.490 e. The van der Waals surface area contributed by atoms with E-state index in [1.54, 1.807) is 13.0 Å². The van der Waals surface area contributed by atoms with Crippen LogP contribution in [-0.4, -0.2) is 64.4 Å². The first-order valence-electron chi connectivity index (χ1n) is 12.6. The number of hydrogen-bond acceptors (Lipinski definition) is 6. The molecule has 9 nitrogen and oxygen atoms in total. The molecule has 0 spiro atoms. The topological polar surface area (TPSA) is 108 Å². The number of ether oxygens (including phenoxy) is 1. The Bertz CT molecular complexity index is 1470. The zero-order valence-electron chi connectivity index (χ0n) is 22.3. The van der Waals surface area contributed by atoms with Crippen LogP contribution in [0.1, 0.15) is 24.0 Å². The summed E-state index contributed by atoms with van der Waals surface area (Å²) in [6, 6.07) is 6.89. The molecule has 0 bridgehead atoms. The molecule has 3 aromatic rings. The molecule has 0 atom stereocenters. The summed E-state index contributed by atoms with van der Waals surface area (Å²) in [6.07, 6.45) is -3.72. The van der Waals surface area contributed by atoms with E-state index in [0.29, 0.717) is 22.4 Å². The Labute approximate surface area is 235 Å². The first-order valence-corrected chi connectivity index (χ1v) is 12.6. The van der Waals surface area contributed by atoms with Gasteiger partial charge in [-0.15, -0.1) is 0 Å². The van der Waals surface area contributed by atoms with E-state index in [-0.39, 0.29) is 24.5 Å². The minimum absolute atomic E-state index is 0.00604. The van der Waals surface area contributed by atoms with E-state index in [4.69, 9.17) is 14.6 Å². The normalized spacial score (nSPS) is 15.8. The number of urea groups is 1. The zero-order chi connectivity index (χ0) is 30.8. The number of alkyl halides is 3. The number of piperidine rings is 1. The lowest BCUT2D eigenvalue weighted by Gasteiger charge is -2.32. The average Bonchev–Trinajstić information content (AvgIpc) is 2.90. The maximum atomic E-state index is 14.8. The summed E-state index contributed by atoms with van der Waals surface area (Å²) in [7, 11) is 2.03. The molecule has 2 aliphatic rings. The number of fused-ring (bicyclic) bond motifs is 1. The number of nitrogens with zero attached hydrogens (tertiary/aromatic N) is 4. The fraction of sp³-hybridized carbons (Fsp3) is 0.333. The Morgan fingerprint density at radius 1 is 1.07 bits per heavy atom. The third-order valence-corrected chi connectivity index (χ3v) is 6.58. The minimum Gasteiger partial charge on any atom is -0.475 e. The molecule has 15 heteroatoms. The van der Waals surface area contributed by atoms with Crippen LogP contribution < -0.4 is 15.0 Å². The molecule has 0 radical (unpaired) electrons. The monoisotopic (exact) mass is 597 g/mol. The van der Waals surface area contributed by atoms with Crippen LogP contribution in [0.25, 0.3) is 11.3 Å². The lowest BCUT2D eigenvalue weighted by molar-refractivity contribution is -0.192. The number of carbonyl (C=O) groups excluding carboxylic acids is 1. The van der Waals surface area contributed by atoms with Gasteiger partial charge >= 0.3 is 24.2 Å². The molecule has 224 valence electrons. The second-order valence-electron chi connectivity index (χ2n) is 9.60. The summed E-state index contributed by atoms with van der Waals surface area (Å²) < 4.78 is 81.2. The molecule has 0 aliphatic carbocycles. The average molecular weight is 598 g/mol. The van der Waals surface area contributed by atoms with Crippen LogP contribution in [0.2, 0.25) is 0 Å². The molecule has 2 amide bonds. The van der Waals surface area contributed by atoms with Crippen molar-refractivity contribution in [1.29, 1.82) is 0 Å². The SMILES string of the molecule is Cc1cc(F)ccc1-c1nc(OC2CCN(C)CC2)nc2c1CNC(=O)N2c1c(F)cccc1F.O=C(O)C(F)(F)F. The fourth-order valence-corrected chi connectivity index (χ4v) is 4.47. The van der Waals surface area contributed by atoms with Gasteiger partial charge in [-0.2, -0.15) is 23.1 Å². The minimum atomic E-state index is -5.08. The van der Waals surface area contributed by atoms with Crippen molar-refractivity contribution in [2.75, 3.05) is 25.0 Å². The predicted molar refractivity (Wildman–Crippen MR) is 138 cm³/mol. The van der Waals surface area contributed by atoms with Gasteiger partial charge < -0.3 is 20.1 Å². The number of carbonyl (C=O) groups is 2. The van der Waals surface area contributed by atoms with Gasteiger partial charge in [0.15, 0.2) is 5.82 Å². The van der Waals surface area contributed by atoms with Gasteiger partial charge in [-0.1, -0.05) is 6.07 Å². The summed E-state index contributed by atoms with van der Waals surface area (Å²) in [5.74, 6) is -4.96. The van der Waals surface area contributed by atoms with Crippen LogP contribution in [-0.2, 0) is 11.3 Å². The van der Waals surface area contributed by atoms with Crippen molar-refractivity contribution in [1.82, 2.24) is 20.2 Å². The molecule has 0 unspecified atom stereocenters. The van der Waals surface area contributed by atoms with Gasteiger partial charge in [0, 0.05) is 24.2 Å². The molecular weight excluding hydrogens is 572 g/mol. The third-order valence-electron chi connectivity index (χ3n) is 6.58. The molecule has 1 aromatic heterocycles. The second-order valence-corrected chi connectivity index (χ2v) is 9.60. The van der Waals surface area contributed by atoms with Gasteiger partial charge in [0.2, 0.25) is 0 Å². The molecule has 2 aromatic carbocycles. The van der Waals surface area contributed by atoms with Gasteiger partial charge in [-0.3, -0.25) is 0 Å². The molecule has 42 heavy (non-hydrogen) atoms. The summed E-state index contributed by atoms with van der Waals surface area (Å²) >= 11 is 0. The highest BCUT2D eigenvalue weighted by molar-refractivity contribution is 6.02.